The molecular formula is C49H33N3S. The van der Waals surface area contributed by atoms with Gasteiger partial charge in [0.1, 0.15) is 0 Å². The lowest BCUT2D eigenvalue weighted by Gasteiger charge is -2.13. The third-order valence-corrected chi connectivity index (χ3v) is 11.6. The van der Waals surface area contributed by atoms with E-state index in [4.69, 9.17) is 9.98 Å². The molecule has 0 saturated heterocycles. The molecule has 0 radical (unpaired) electrons. The average molecular weight is 696 g/mol. The van der Waals surface area contributed by atoms with Crippen LogP contribution in [0.2, 0.25) is 0 Å². The minimum absolute atomic E-state index is 0.655. The van der Waals surface area contributed by atoms with Crippen molar-refractivity contribution in [1.29, 1.82) is 0 Å². The third-order valence-electron chi connectivity index (χ3n) is 10.4. The average Bonchev–Trinajstić information content (AvgIpc) is 3.78. The summed E-state index contributed by atoms with van der Waals surface area (Å²) in [6.45, 7) is 6.56. The van der Waals surface area contributed by atoms with Gasteiger partial charge in [0.05, 0.1) is 11.0 Å². The zero-order valence-corrected chi connectivity index (χ0v) is 29.9. The number of para-hydroxylation sites is 1. The van der Waals surface area contributed by atoms with Crippen LogP contribution in [-0.2, 0) is 0 Å². The van der Waals surface area contributed by atoms with Crippen molar-refractivity contribution in [3.63, 3.8) is 0 Å². The highest BCUT2D eigenvalue weighted by Gasteiger charge is 2.21. The Hall–Kier alpha value is -6.62. The summed E-state index contributed by atoms with van der Waals surface area (Å²) < 4.78 is 5.09. The number of nitrogens with zero attached hydrogens (tertiary/aromatic N) is 3. The number of benzene rings is 7. The molecule has 0 spiro atoms. The minimum Gasteiger partial charge on any atom is -0.309 e. The lowest BCUT2D eigenvalue weighted by atomic mass is 9.97. The second kappa shape index (κ2) is 12.6. The van der Waals surface area contributed by atoms with Crippen LogP contribution in [0.15, 0.2) is 182 Å². The highest BCUT2D eigenvalue weighted by atomic mass is 32.1. The first kappa shape index (κ1) is 31.1. The van der Waals surface area contributed by atoms with Crippen molar-refractivity contribution in [2.24, 2.45) is 4.99 Å². The highest BCUT2D eigenvalue weighted by molar-refractivity contribution is 7.27. The van der Waals surface area contributed by atoms with Crippen molar-refractivity contribution < 1.29 is 0 Å². The SMILES string of the molecule is C=C(c1ccc(-c2ccccc2)cc1)c1cccnc1N=C(C)c1cccc(-n2c3ccccc3c3c4sc5ccccc5c4c4ccccc4c32)c1. The molecule has 0 unspecified atom stereocenters. The van der Waals surface area contributed by atoms with E-state index < -0.39 is 0 Å². The fourth-order valence-corrected chi connectivity index (χ4v) is 9.13. The van der Waals surface area contributed by atoms with E-state index in [-0.39, 0.29) is 0 Å². The Bertz CT molecular complexity index is 3070. The molecule has 0 aliphatic heterocycles. The van der Waals surface area contributed by atoms with E-state index in [1.165, 1.54) is 63.9 Å². The van der Waals surface area contributed by atoms with Crippen molar-refractivity contribution in [2.75, 3.05) is 0 Å². The molecule has 0 bridgehead atoms. The largest absolute Gasteiger partial charge is 0.309 e. The van der Waals surface area contributed by atoms with Crippen LogP contribution in [0.25, 0.3) is 75.1 Å². The summed E-state index contributed by atoms with van der Waals surface area (Å²) in [5.41, 5.74) is 10.6. The molecule has 10 aromatic rings. The molecule has 0 amide bonds. The summed E-state index contributed by atoms with van der Waals surface area (Å²) in [6, 6.07) is 58.2. The van der Waals surface area contributed by atoms with Gasteiger partial charge >= 0.3 is 0 Å². The highest BCUT2D eigenvalue weighted by Crippen LogP contribution is 2.48. The van der Waals surface area contributed by atoms with E-state index in [0.717, 1.165) is 33.7 Å². The second-order valence-electron chi connectivity index (χ2n) is 13.5. The van der Waals surface area contributed by atoms with E-state index in [1.807, 2.05) is 23.5 Å². The smallest absolute Gasteiger partial charge is 0.159 e. The van der Waals surface area contributed by atoms with Crippen LogP contribution in [-0.4, -0.2) is 15.3 Å². The molecule has 0 aliphatic carbocycles. The van der Waals surface area contributed by atoms with Crippen LogP contribution in [0.4, 0.5) is 5.82 Å². The molecule has 0 fully saturated rings. The second-order valence-corrected chi connectivity index (χ2v) is 14.5. The Labute approximate surface area is 311 Å². The maximum Gasteiger partial charge on any atom is 0.159 e. The first-order valence-corrected chi connectivity index (χ1v) is 18.7. The van der Waals surface area contributed by atoms with Gasteiger partial charge in [0.25, 0.3) is 0 Å². The van der Waals surface area contributed by atoms with Gasteiger partial charge in [0.2, 0.25) is 0 Å². The molecule has 0 aliphatic rings. The number of thiophene rings is 1. The maximum absolute atomic E-state index is 5.14. The van der Waals surface area contributed by atoms with Crippen molar-refractivity contribution >= 4 is 81.2 Å². The van der Waals surface area contributed by atoms with E-state index in [2.05, 4.69) is 170 Å². The number of aliphatic imine (C=N–C) groups is 1. The quantitative estimate of drug-likeness (QED) is 0.159. The topological polar surface area (TPSA) is 30.2 Å². The molecule has 10 rings (SSSR count). The number of aromatic nitrogens is 2. The zero-order chi connectivity index (χ0) is 35.5. The van der Waals surface area contributed by atoms with Crippen LogP contribution < -0.4 is 0 Å². The number of fused-ring (bicyclic) bond motifs is 10. The summed E-state index contributed by atoms with van der Waals surface area (Å²) in [4.78, 5) is 9.88. The number of pyridine rings is 1. The lowest BCUT2D eigenvalue weighted by Crippen LogP contribution is -2.00. The molecule has 3 heterocycles. The summed E-state index contributed by atoms with van der Waals surface area (Å²) in [5.74, 6) is 0.655. The first-order chi connectivity index (χ1) is 26.1. The van der Waals surface area contributed by atoms with Gasteiger partial charge in [0.15, 0.2) is 5.82 Å². The van der Waals surface area contributed by atoms with Gasteiger partial charge in [-0.05, 0) is 76.5 Å². The summed E-state index contributed by atoms with van der Waals surface area (Å²) in [6.07, 6.45) is 1.80. The molecule has 3 nitrogen and oxygen atoms in total. The zero-order valence-electron chi connectivity index (χ0n) is 29.1. The van der Waals surface area contributed by atoms with E-state index >= 15 is 0 Å². The maximum atomic E-state index is 5.14. The van der Waals surface area contributed by atoms with Gasteiger partial charge in [-0.15, -0.1) is 11.3 Å². The van der Waals surface area contributed by atoms with Gasteiger partial charge in [-0.25, -0.2) is 9.98 Å². The molecule has 0 N–H and O–H groups in total. The Morgan fingerprint density at radius 1 is 0.604 bits per heavy atom. The molecule has 4 heteroatoms. The van der Waals surface area contributed by atoms with Crippen LogP contribution >= 0.6 is 11.3 Å². The van der Waals surface area contributed by atoms with Gasteiger partial charge < -0.3 is 4.57 Å². The first-order valence-electron chi connectivity index (χ1n) is 17.9. The van der Waals surface area contributed by atoms with Crippen LogP contribution in [0, 0.1) is 0 Å². The Morgan fingerprint density at radius 3 is 2.13 bits per heavy atom. The van der Waals surface area contributed by atoms with Crippen LogP contribution in [0.5, 0.6) is 0 Å². The molecule has 7 aromatic carbocycles. The predicted octanol–water partition coefficient (Wildman–Crippen LogP) is 13.6. The molecular weight excluding hydrogens is 663 g/mol. The fourth-order valence-electron chi connectivity index (χ4n) is 7.85. The van der Waals surface area contributed by atoms with Crippen molar-refractivity contribution in [2.45, 2.75) is 6.92 Å². The van der Waals surface area contributed by atoms with E-state index in [9.17, 15) is 0 Å². The summed E-state index contributed by atoms with van der Waals surface area (Å²) >= 11 is 1.89. The standard InChI is InChI=1S/C49H33N3S/c1-31(33-25-27-35(28-26-33)34-14-4-3-5-15-34)38-22-13-29-50-49(38)51-32(2)36-16-12-17-37(30-36)52-43-23-10-8-20-41(43)46-47(52)40-19-7-6-18-39(40)45-42-21-9-11-24-44(42)53-48(45)46/h3-30H,1H2,2H3. The van der Waals surface area contributed by atoms with Crippen molar-refractivity contribution in [1.82, 2.24) is 9.55 Å². The molecule has 3 aromatic heterocycles. The normalized spacial score (nSPS) is 12.1. The molecule has 53 heavy (non-hydrogen) atoms. The monoisotopic (exact) mass is 695 g/mol. The van der Waals surface area contributed by atoms with Crippen molar-refractivity contribution in [3.05, 3.63) is 193 Å². The molecule has 250 valence electrons. The third kappa shape index (κ3) is 5.10. The Morgan fingerprint density at radius 2 is 1.30 bits per heavy atom. The van der Waals surface area contributed by atoms with Gasteiger partial charge in [0, 0.05) is 59.5 Å². The summed E-state index contributed by atoms with van der Waals surface area (Å²) in [7, 11) is 0. The van der Waals surface area contributed by atoms with Crippen LogP contribution in [0.3, 0.4) is 0 Å². The van der Waals surface area contributed by atoms with E-state index in [0.29, 0.717) is 5.82 Å². The Kier molecular flexibility index (Phi) is 7.38. The van der Waals surface area contributed by atoms with Crippen molar-refractivity contribution in [3.8, 4) is 16.8 Å². The minimum atomic E-state index is 0.655. The number of hydrogen-bond acceptors (Lipinski definition) is 3. The lowest BCUT2D eigenvalue weighted by molar-refractivity contribution is 1.18. The predicted molar refractivity (Wildman–Crippen MR) is 227 cm³/mol. The number of hydrogen-bond donors (Lipinski definition) is 0. The van der Waals surface area contributed by atoms with Crippen LogP contribution in [0.1, 0.15) is 23.6 Å². The van der Waals surface area contributed by atoms with Gasteiger partial charge in [-0.1, -0.05) is 134 Å². The Balaban J connectivity index is 1.10. The molecule has 0 saturated carbocycles. The fraction of sp³-hybridized carbons (Fsp3) is 0.0204. The molecule has 0 atom stereocenters. The summed E-state index contributed by atoms with van der Waals surface area (Å²) in [5, 5.41) is 7.75. The van der Waals surface area contributed by atoms with Gasteiger partial charge in [-0.2, -0.15) is 0 Å². The van der Waals surface area contributed by atoms with E-state index in [1.54, 1.807) is 6.20 Å². The van der Waals surface area contributed by atoms with Gasteiger partial charge in [-0.3, -0.25) is 0 Å². The number of rotatable bonds is 6.